The van der Waals surface area contributed by atoms with Gasteiger partial charge in [-0.2, -0.15) is 5.10 Å². The average molecular weight is 431 g/mol. The van der Waals surface area contributed by atoms with E-state index in [0.29, 0.717) is 0 Å². The van der Waals surface area contributed by atoms with E-state index in [0.717, 1.165) is 54.7 Å². The molecule has 1 heterocycles. The summed E-state index contributed by atoms with van der Waals surface area (Å²) in [6.07, 6.45) is 1.53. The molecule has 0 aliphatic carbocycles. The van der Waals surface area contributed by atoms with Crippen LogP contribution >= 0.6 is 0 Å². The molecule has 0 saturated carbocycles. The zero-order chi connectivity index (χ0) is 22.5. The van der Waals surface area contributed by atoms with E-state index in [1.807, 2.05) is 25.1 Å². The van der Waals surface area contributed by atoms with Gasteiger partial charge in [-0.15, -0.1) is 0 Å². The maximum absolute atomic E-state index is 12.6. The Labute approximate surface area is 186 Å². The van der Waals surface area contributed by atoms with Crippen molar-refractivity contribution in [2.45, 2.75) is 26.3 Å². The van der Waals surface area contributed by atoms with Gasteiger partial charge < -0.3 is 0 Å². The standard InChI is InChI=1S/C25H26N4O3/c1-18(22-9-8-20-4-2-3-5-23(20)16-22)26-27-25(30)21-12-14-28(15-13-21)17-19-6-10-24(11-7-19)29(31)32/h2-11,16,21H,12-15,17H2,1H3,(H,27,30)/b26-18+. The summed E-state index contributed by atoms with van der Waals surface area (Å²) >= 11 is 0. The van der Waals surface area contributed by atoms with Gasteiger partial charge in [-0.25, -0.2) is 5.43 Å². The summed E-state index contributed by atoms with van der Waals surface area (Å²) in [6, 6.07) is 21.0. The number of amides is 1. The number of nitro groups is 1. The number of nitro benzene ring substituents is 1. The third-order valence-electron chi connectivity index (χ3n) is 6.01. The van der Waals surface area contributed by atoms with Crippen LogP contribution in [0.4, 0.5) is 5.69 Å². The lowest BCUT2D eigenvalue weighted by Gasteiger charge is -2.30. The summed E-state index contributed by atoms with van der Waals surface area (Å²) in [7, 11) is 0. The van der Waals surface area contributed by atoms with Gasteiger partial charge in [0.1, 0.15) is 0 Å². The largest absolute Gasteiger partial charge is 0.299 e. The Morgan fingerprint density at radius 2 is 1.75 bits per heavy atom. The molecular formula is C25H26N4O3. The van der Waals surface area contributed by atoms with Crippen LogP contribution in [0.5, 0.6) is 0 Å². The van der Waals surface area contributed by atoms with Crippen molar-refractivity contribution in [3.8, 4) is 0 Å². The molecule has 1 amide bonds. The number of rotatable bonds is 6. The summed E-state index contributed by atoms with van der Waals surface area (Å²) in [6.45, 7) is 4.24. The molecule has 1 N–H and O–H groups in total. The van der Waals surface area contributed by atoms with Crippen molar-refractivity contribution in [1.82, 2.24) is 10.3 Å². The summed E-state index contributed by atoms with van der Waals surface area (Å²) in [4.78, 5) is 25.3. The number of likely N-dealkylation sites (tertiary alicyclic amines) is 1. The van der Waals surface area contributed by atoms with Crippen molar-refractivity contribution in [2.75, 3.05) is 13.1 Å². The number of hydrazone groups is 1. The van der Waals surface area contributed by atoms with Crippen molar-refractivity contribution in [2.24, 2.45) is 11.0 Å². The second kappa shape index (κ2) is 9.70. The molecule has 32 heavy (non-hydrogen) atoms. The van der Waals surface area contributed by atoms with Gasteiger partial charge in [0.2, 0.25) is 5.91 Å². The predicted octanol–water partition coefficient (Wildman–Crippen LogP) is 4.50. The van der Waals surface area contributed by atoms with Crippen molar-refractivity contribution >= 4 is 28.1 Å². The molecule has 164 valence electrons. The van der Waals surface area contributed by atoms with Gasteiger partial charge in [0.25, 0.3) is 5.69 Å². The lowest BCUT2D eigenvalue weighted by Crippen LogP contribution is -2.39. The molecular weight excluding hydrogens is 404 g/mol. The van der Waals surface area contributed by atoms with Gasteiger partial charge in [0, 0.05) is 24.6 Å². The molecule has 0 atom stereocenters. The van der Waals surface area contributed by atoms with Crippen LogP contribution in [-0.4, -0.2) is 34.5 Å². The molecule has 4 rings (SSSR count). The zero-order valence-electron chi connectivity index (χ0n) is 18.0. The molecule has 7 heteroatoms. The first kappa shape index (κ1) is 21.6. The number of piperidine rings is 1. The quantitative estimate of drug-likeness (QED) is 0.354. The Kier molecular flexibility index (Phi) is 6.56. The van der Waals surface area contributed by atoms with Crippen molar-refractivity contribution in [3.05, 3.63) is 88.0 Å². The summed E-state index contributed by atoms with van der Waals surface area (Å²) in [5.41, 5.74) is 5.65. The molecule has 3 aromatic carbocycles. The minimum Gasteiger partial charge on any atom is -0.299 e. The normalized spacial score (nSPS) is 15.6. The number of benzene rings is 3. The lowest BCUT2D eigenvalue weighted by atomic mass is 9.96. The van der Waals surface area contributed by atoms with Crippen LogP contribution in [0, 0.1) is 16.0 Å². The molecule has 3 aromatic rings. The van der Waals surface area contributed by atoms with Gasteiger partial charge in [0.05, 0.1) is 10.6 Å². The van der Waals surface area contributed by atoms with Gasteiger partial charge in [0.15, 0.2) is 0 Å². The number of carbonyl (C=O) groups is 1. The Morgan fingerprint density at radius 1 is 1.06 bits per heavy atom. The van der Waals surface area contributed by atoms with Crippen LogP contribution in [0.2, 0.25) is 0 Å². The Morgan fingerprint density at radius 3 is 2.44 bits per heavy atom. The van der Waals surface area contributed by atoms with Gasteiger partial charge >= 0.3 is 0 Å². The fourth-order valence-electron chi connectivity index (χ4n) is 4.04. The number of nitrogens with one attached hydrogen (secondary N) is 1. The zero-order valence-corrected chi connectivity index (χ0v) is 18.0. The minimum absolute atomic E-state index is 0.0416. The van der Waals surface area contributed by atoms with Crippen molar-refractivity contribution < 1.29 is 9.72 Å². The highest BCUT2D eigenvalue weighted by molar-refractivity contribution is 6.02. The maximum atomic E-state index is 12.6. The molecule has 1 saturated heterocycles. The summed E-state index contributed by atoms with van der Waals surface area (Å²) < 4.78 is 0. The third-order valence-corrected chi connectivity index (χ3v) is 6.01. The average Bonchev–Trinajstić information content (AvgIpc) is 2.82. The monoisotopic (exact) mass is 430 g/mol. The highest BCUT2D eigenvalue weighted by Gasteiger charge is 2.25. The molecule has 7 nitrogen and oxygen atoms in total. The Hall–Kier alpha value is -3.58. The van der Waals surface area contributed by atoms with E-state index in [1.54, 1.807) is 12.1 Å². The lowest BCUT2D eigenvalue weighted by molar-refractivity contribution is -0.384. The smallest absolute Gasteiger partial charge is 0.269 e. The second-order valence-electron chi connectivity index (χ2n) is 8.21. The number of non-ortho nitro benzene ring substituents is 1. The molecule has 0 unspecified atom stereocenters. The molecule has 1 aliphatic rings. The van der Waals surface area contributed by atoms with E-state index in [4.69, 9.17) is 0 Å². The van der Waals surface area contributed by atoms with E-state index in [1.165, 1.54) is 17.5 Å². The van der Waals surface area contributed by atoms with E-state index in [2.05, 4.69) is 39.7 Å². The molecule has 0 bridgehead atoms. The van der Waals surface area contributed by atoms with Crippen LogP contribution < -0.4 is 5.43 Å². The number of hydrogen-bond donors (Lipinski definition) is 1. The van der Waals surface area contributed by atoms with E-state index < -0.39 is 4.92 Å². The fourth-order valence-corrected chi connectivity index (χ4v) is 4.04. The SMILES string of the molecule is C/C(=N\NC(=O)C1CCN(Cc2ccc([N+](=O)[O-])cc2)CC1)c1ccc2ccccc2c1. The highest BCUT2D eigenvalue weighted by atomic mass is 16.6. The van der Waals surface area contributed by atoms with Gasteiger partial charge in [-0.1, -0.05) is 48.5 Å². The second-order valence-corrected chi connectivity index (χ2v) is 8.21. The molecule has 0 spiro atoms. The first-order chi connectivity index (χ1) is 15.5. The minimum atomic E-state index is -0.391. The van der Waals surface area contributed by atoms with E-state index >= 15 is 0 Å². The van der Waals surface area contributed by atoms with Crippen LogP contribution in [0.25, 0.3) is 10.8 Å². The maximum Gasteiger partial charge on any atom is 0.269 e. The van der Waals surface area contributed by atoms with Crippen molar-refractivity contribution in [1.29, 1.82) is 0 Å². The molecule has 0 radical (unpaired) electrons. The molecule has 1 fully saturated rings. The van der Waals surface area contributed by atoms with Crippen molar-refractivity contribution in [3.63, 3.8) is 0 Å². The van der Waals surface area contributed by atoms with Gasteiger partial charge in [-0.3, -0.25) is 19.8 Å². The van der Waals surface area contributed by atoms with E-state index in [9.17, 15) is 14.9 Å². The first-order valence-corrected chi connectivity index (χ1v) is 10.8. The van der Waals surface area contributed by atoms with Crippen LogP contribution in [-0.2, 0) is 11.3 Å². The summed E-state index contributed by atoms with van der Waals surface area (Å²) in [5, 5.41) is 17.4. The number of nitrogens with zero attached hydrogens (tertiary/aromatic N) is 3. The Balaban J connectivity index is 1.28. The topological polar surface area (TPSA) is 87.8 Å². The summed E-state index contributed by atoms with van der Waals surface area (Å²) in [5.74, 6) is -0.101. The molecule has 1 aliphatic heterocycles. The third kappa shape index (κ3) is 5.18. The van der Waals surface area contributed by atoms with Crippen LogP contribution in [0.15, 0.2) is 71.8 Å². The Bertz CT molecular complexity index is 1150. The van der Waals surface area contributed by atoms with Gasteiger partial charge in [-0.05, 0) is 60.8 Å². The van der Waals surface area contributed by atoms with E-state index in [-0.39, 0.29) is 17.5 Å². The number of fused-ring (bicyclic) bond motifs is 1. The highest BCUT2D eigenvalue weighted by Crippen LogP contribution is 2.21. The number of carbonyl (C=O) groups excluding carboxylic acids is 1. The predicted molar refractivity (Wildman–Crippen MR) is 125 cm³/mol. The first-order valence-electron chi connectivity index (χ1n) is 10.8. The fraction of sp³-hybridized carbons (Fsp3) is 0.280. The molecule has 0 aromatic heterocycles. The number of hydrogen-bond acceptors (Lipinski definition) is 5. The van der Waals surface area contributed by atoms with Crippen LogP contribution in [0.1, 0.15) is 30.9 Å². The van der Waals surface area contributed by atoms with Crippen LogP contribution in [0.3, 0.4) is 0 Å².